The number of allylic oxidation sites excluding steroid dienone is 8. The van der Waals surface area contributed by atoms with Gasteiger partial charge in [0.2, 0.25) is 0 Å². The number of ether oxygens (including phenoxy) is 3. The van der Waals surface area contributed by atoms with Crippen molar-refractivity contribution >= 4 is 17.9 Å². The Morgan fingerprint density at radius 3 is 1.56 bits per heavy atom. The zero-order chi connectivity index (χ0) is 38.5. The van der Waals surface area contributed by atoms with Gasteiger partial charge in [-0.1, -0.05) is 120 Å². The second kappa shape index (κ2) is 35.3. The molecule has 0 aromatic heterocycles. The number of carbonyl (C=O) groups is 3. The van der Waals surface area contributed by atoms with Crippen LogP contribution in [0.5, 0.6) is 0 Å². The lowest BCUT2D eigenvalue weighted by molar-refractivity contribution is -0.889. The molecule has 0 spiro atoms. The number of quaternary nitrogens is 1. The standard InChI is InChI=1S/C44H77NO7/c1-6-8-10-12-14-16-18-20-21-23-25-27-29-31-33-35-43(47)52-40(38-50-37-36-41(44(48)49)45(3,4)5)39-51-42(46)34-32-30-28-26-24-22-19-17-15-13-11-9-7-2/h11,13-14,16-17,19-21,40-41H,6-10,12,15,18,22-39H2,1-5H3/b13-11-,16-14-,19-17-,21-20-. The largest absolute Gasteiger partial charge is 0.544 e. The van der Waals surface area contributed by atoms with Crippen LogP contribution in [0.3, 0.4) is 0 Å². The molecule has 300 valence electrons. The molecule has 0 radical (unpaired) electrons. The summed E-state index contributed by atoms with van der Waals surface area (Å²) in [7, 11) is 5.39. The van der Waals surface area contributed by atoms with Crippen LogP contribution in [0, 0.1) is 0 Å². The highest BCUT2D eigenvalue weighted by molar-refractivity contribution is 5.70. The monoisotopic (exact) mass is 732 g/mol. The molecule has 0 amide bonds. The highest BCUT2D eigenvalue weighted by Gasteiger charge is 2.25. The zero-order valence-corrected chi connectivity index (χ0v) is 34.0. The first-order chi connectivity index (χ1) is 25.1. The third-order valence-electron chi connectivity index (χ3n) is 8.92. The number of aliphatic carboxylic acids is 1. The van der Waals surface area contributed by atoms with Gasteiger partial charge < -0.3 is 28.6 Å². The fraction of sp³-hybridized carbons (Fsp3) is 0.750. The quantitative estimate of drug-likeness (QED) is 0.0274. The summed E-state index contributed by atoms with van der Waals surface area (Å²) in [5, 5.41) is 11.6. The molecule has 52 heavy (non-hydrogen) atoms. The van der Waals surface area contributed by atoms with Gasteiger partial charge in [0.25, 0.3) is 0 Å². The highest BCUT2D eigenvalue weighted by atomic mass is 16.6. The van der Waals surface area contributed by atoms with Crippen LogP contribution in [-0.4, -0.2) is 75.5 Å². The van der Waals surface area contributed by atoms with E-state index in [2.05, 4.69) is 62.5 Å². The minimum absolute atomic E-state index is 0.0293. The minimum atomic E-state index is -1.13. The Balaban J connectivity index is 4.44. The van der Waals surface area contributed by atoms with E-state index >= 15 is 0 Å². The molecule has 0 heterocycles. The number of hydrogen-bond donors (Lipinski definition) is 0. The summed E-state index contributed by atoms with van der Waals surface area (Å²) in [5.41, 5.74) is 0. The summed E-state index contributed by atoms with van der Waals surface area (Å²) in [6, 6.07) is -0.730. The molecule has 2 atom stereocenters. The normalized spacial score (nSPS) is 13.5. The molecule has 0 aromatic rings. The van der Waals surface area contributed by atoms with Crippen LogP contribution < -0.4 is 5.11 Å². The number of carboxylic acids is 1. The number of carboxylic acid groups (broad SMARTS) is 1. The molecule has 8 heteroatoms. The molecule has 0 saturated heterocycles. The third-order valence-corrected chi connectivity index (χ3v) is 8.92. The second-order valence-corrected chi connectivity index (χ2v) is 14.9. The molecule has 0 aliphatic rings. The second-order valence-electron chi connectivity index (χ2n) is 14.9. The van der Waals surface area contributed by atoms with Crippen molar-refractivity contribution in [1.82, 2.24) is 0 Å². The van der Waals surface area contributed by atoms with Crippen LogP contribution in [0.25, 0.3) is 0 Å². The maximum absolute atomic E-state index is 12.7. The van der Waals surface area contributed by atoms with Crippen LogP contribution >= 0.6 is 0 Å². The molecule has 0 aliphatic carbocycles. The van der Waals surface area contributed by atoms with Crippen LogP contribution in [0.15, 0.2) is 48.6 Å². The van der Waals surface area contributed by atoms with Crippen molar-refractivity contribution in [3.63, 3.8) is 0 Å². The molecule has 2 unspecified atom stereocenters. The van der Waals surface area contributed by atoms with Crippen LogP contribution in [-0.2, 0) is 28.6 Å². The van der Waals surface area contributed by atoms with Crippen molar-refractivity contribution in [2.45, 2.75) is 174 Å². The van der Waals surface area contributed by atoms with E-state index in [1.807, 2.05) is 0 Å². The van der Waals surface area contributed by atoms with Crippen molar-refractivity contribution in [2.75, 3.05) is 41.0 Å². The van der Waals surface area contributed by atoms with Gasteiger partial charge in [0.15, 0.2) is 6.10 Å². The van der Waals surface area contributed by atoms with Crippen LogP contribution in [0.1, 0.15) is 162 Å². The molecule has 8 nitrogen and oxygen atoms in total. The van der Waals surface area contributed by atoms with Gasteiger partial charge in [-0.15, -0.1) is 0 Å². The number of esters is 2. The molecule has 0 fully saturated rings. The summed E-state index contributed by atoms with van der Waals surface area (Å²) in [6.45, 7) is 4.52. The predicted molar refractivity (Wildman–Crippen MR) is 213 cm³/mol. The van der Waals surface area contributed by atoms with E-state index in [9.17, 15) is 19.5 Å². The fourth-order valence-electron chi connectivity index (χ4n) is 5.67. The lowest BCUT2D eigenvalue weighted by atomic mass is 10.1. The number of unbranched alkanes of at least 4 members (excludes halogenated alkanes) is 14. The lowest BCUT2D eigenvalue weighted by Crippen LogP contribution is -2.55. The number of nitrogens with zero attached hydrogens (tertiary/aromatic N) is 1. The van der Waals surface area contributed by atoms with Gasteiger partial charge in [-0.25, -0.2) is 0 Å². The number of likely N-dealkylation sites (N-methyl/N-ethyl adjacent to an activating group) is 1. The van der Waals surface area contributed by atoms with Crippen LogP contribution in [0.2, 0.25) is 0 Å². The van der Waals surface area contributed by atoms with E-state index in [4.69, 9.17) is 14.2 Å². The summed E-state index contributed by atoms with van der Waals surface area (Å²) in [4.78, 5) is 36.7. The first-order valence-corrected chi connectivity index (χ1v) is 20.7. The van der Waals surface area contributed by atoms with E-state index < -0.39 is 18.1 Å². The number of hydrogen-bond acceptors (Lipinski definition) is 7. The predicted octanol–water partition coefficient (Wildman–Crippen LogP) is 9.52. The Labute approximate surface area is 318 Å². The van der Waals surface area contributed by atoms with Crippen molar-refractivity contribution in [1.29, 1.82) is 0 Å². The Morgan fingerprint density at radius 1 is 0.577 bits per heavy atom. The van der Waals surface area contributed by atoms with E-state index in [1.54, 1.807) is 21.1 Å². The molecule has 0 aromatic carbocycles. The summed E-state index contributed by atoms with van der Waals surface area (Å²) in [5.74, 6) is -1.78. The van der Waals surface area contributed by atoms with E-state index in [0.717, 1.165) is 96.3 Å². The van der Waals surface area contributed by atoms with Crippen molar-refractivity contribution in [3.8, 4) is 0 Å². The maximum atomic E-state index is 12.7. The van der Waals surface area contributed by atoms with E-state index in [1.165, 1.54) is 32.1 Å². The van der Waals surface area contributed by atoms with Gasteiger partial charge in [-0.3, -0.25) is 9.59 Å². The van der Waals surface area contributed by atoms with Gasteiger partial charge in [-0.05, 0) is 70.6 Å². The minimum Gasteiger partial charge on any atom is -0.544 e. The molecule has 0 N–H and O–H groups in total. The Bertz CT molecular complexity index is 995. The Hall–Kier alpha value is -2.71. The van der Waals surface area contributed by atoms with Crippen molar-refractivity contribution in [2.24, 2.45) is 0 Å². The summed E-state index contributed by atoms with van der Waals surface area (Å²) < 4.78 is 17.1. The number of carbonyl (C=O) groups excluding carboxylic acids is 3. The first kappa shape index (κ1) is 49.3. The van der Waals surface area contributed by atoms with Crippen molar-refractivity contribution in [3.05, 3.63) is 48.6 Å². The smallest absolute Gasteiger partial charge is 0.306 e. The molecular weight excluding hydrogens is 654 g/mol. The van der Waals surface area contributed by atoms with Crippen molar-refractivity contribution < 1.29 is 38.2 Å². The van der Waals surface area contributed by atoms with Gasteiger partial charge >= 0.3 is 11.9 Å². The van der Waals surface area contributed by atoms with E-state index in [0.29, 0.717) is 12.8 Å². The van der Waals surface area contributed by atoms with E-state index in [-0.39, 0.29) is 42.7 Å². The van der Waals surface area contributed by atoms with Gasteiger partial charge in [0, 0.05) is 19.3 Å². The highest BCUT2D eigenvalue weighted by Crippen LogP contribution is 2.12. The average molecular weight is 732 g/mol. The third kappa shape index (κ3) is 33.1. The van der Waals surface area contributed by atoms with Crippen LogP contribution in [0.4, 0.5) is 0 Å². The Kier molecular flexibility index (Phi) is 33.5. The average Bonchev–Trinajstić information content (AvgIpc) is 3.09. The first-order valence-electron chi connectivity index (χ1n) is 20.7. The molecule has 0 saturated carbocycles. The summed E-state index contributed by atoms with van der Waals surface area (Å²) >= 11 is 0. The molecular formula is C44H77NO7. The van der Waals surface area contributed by atoms with Gasteiger partial charge in [0.1, 0.15) is 12.6 Å². The SMILES string of the molecule is CCC/C=C\C/C=C\CCCCCCCC(=O)OCC(COCCC(C(=O)[O-])[N+](C)(C)C)OC(=O)CCCCCCC/C=C\C/C=C\CCCCC. The summed E-state index contributed by atoms with van der Waals surface area (Å²) in [6.07, 6.45) is 39.8. The molecule has 0 aliphatic heterocycles. The van der Waals surface area contributed by atoms with Gasteiger partial charge in [-0.2, -0.15) is 0 Å². The number of rotatable bonds is 36. The molecule has 0 bridgehead atoms. The van der Waals surface area contributed by atoms with Gasteiger partial charge in [0.05, 0.1) is 40.3 Å². The zero-order valence-electron chi connectivity index (χ0n) is 34.0. The lowest BCUT2D eigenvalue weighted by Gasteiger charge is -2.34. The molecule has 0 rings (SSSR count). The Morgan fingerprint density at radius 2 is 1.06 bits per heavy atom. The fourth-order valence-corrected chi connectivity index (χ4v) is 5.67. The maximum Gasteiger partial charge on any atom is 0.306 e. The topological polar surface area (TPSA) is 102 Å².